The molecule has 0 atom stereocenters. The molecule has 90 valence electrons. The van der Waals surface area contributed by atoms with E-state index in [-0.39, 0.29) is 5.82 Å². The molecule has 4 heteroatoms. The Bertz CT molecular complexity index is 482. The fourth-order valence-corrected chi connectivity index (χ4v) is 2.39. The lowest BCUT2D eigenvalue weighted by Crippen LogP contribution is -2.16. The van der Waals surface area contributed by atoms with E-state index >= 15 is 0 Å². The predicted molar refractivity (Wildman–Crippen MR) is 68.7 cm³/mol. The van der Waals surface area contributed by atoms with E-state index in [1.807, 2.05) is 25.3 Å². The molecule has 2 rings (SSSR count). The van der Waals surface area contributed by atoms with Gasteiger partial charge in [0.2, 0.25) is 0 Å². The summed E-state index contributed by atoms with van der Waals surface area (Å²) in [5, 5.41) is 4.37. The summed E-state index contributed by atoms with van der Waals surface area (Å²) in [5.41, 5.74) is 0.764. The molecular weight excluding hydrogens is 235 g/mol. The molecule has 1 N–H and O–H groups in total. The third-order valence-electron chi connectivity index (χ3n) is 2.50. The van der Waals surface area contributed by atoms with E-state index < -0.39 is 0 Å². The lowest BCUT2D eigenvalue weighted by atomic mass is 10.1. The summed E-state index contributed by atoms with van der Waals surface area (Å²) in [6.07, 6.45) is 2.60. The second-order valence-electron chi connectivity index (χ2n) is 3.86. The molecule has 0 radical (unpaired) electrons. The van der Waals surface area contributed by atoms with Crippen LogP contribution >= 0.6 is 11.3 Å². The SMILES string of the molecule is Cc1ncc(CNCCc2ccccc2F)s1. The number of benzene rings is 1. The van der Waals surface area contributed by atoms with Gasteiger partial charge in [0, 0.05) is 17.6 Å². The monoisotopic (exact) mass is 250 g/mol. The molecule has 0 fully saturated rings. The standard InChI is InChI=1S/C13H15FN2S/c1-10-16-9-12(17-10)8-15-7-6-11-4-2-3-5-13(11)14/h2-5,9,15H,6-8H2,1H3. The first-order valence-electron chi connectivity index (χ1n) is 5.61. The van der Waals surface area contributed by atoms with Crippen molar-refractivity contribution >= 4 is 11.3 Å². The van der Waals surface area contributed by atoms with Crippen LogP contribution in [0.25, 0.3) is 0 Å². The van der Waals surface area contributed by atoms with E-state index in [0.717, 1.165) is 23.7 Å². The van der Waals surface area contributed by atoms with Crippen LogP contribution in [-0.4, -0.2) is 11.5 Å². The van der Waals surface area contributed by atoms with Crippen LogP contribution in [-0.2, 0) is 13.0 Å². The molecule has 17 heavy (non-hydrogen) atoms. The first-order valence-corrected chi connectivity index (χ1v) is 6.43. The number of halogens is 1. The molecule has 2 nitrogen and oxygen atoms in total. The van der Waals surface area contributed by atoms with Gasteiger partial charge in [-0.05, 0) is 31.5 Å². The number of aromatic nitrogens is 1. The molecule has 1 heterocycles. The van der Waals surface area contributed by atoms with Crippen molar-refractivity contribution in [2.75, 3.05) is 6.54 Å². The Labute approximate surface area is 105 Å². The van der Waals surface area contributed by atoms with Crippen molar-refractivity contribution in [2.24, 2.45) is 0 Å². The van der Waals surface area contributed by atoms with Gasteiger partial charge < -0.3 is 5.32 Å². The maximum Gasteiger partial charge on any atom is 0.126 e. The lowest BCUT2D eigenvalue weighted by Gasteiger charge is -2.04. The fourth-order valence-electron chi connectivity index (χ4n) is 1.62. The van der Waals surface area contributed by atoms with E-state index in [9.17, 15) is 4.39 Å². The summed E-state index contributed by atoms with van der Waals surface area (Å²) in [6.45, 7) is 3.57. The maximum atomic E-state index is 13.3. The molecule has 0 amide bonds. The Morgan fingerprint density at radius 2 is 2.18 bits per heavy atom. The Morgan fingerprint density at radius 1 is 1.35 bits per heavy atom. The number of hydrogen-bond acceptors (Lipinski definition) is 3. The van der Waals surface area contributed by atoms with Gasteiger partial charge in [0.05, 0.1) is 5.01 Å². The van der Waals surface area contributed by atoms with E-state index in [1.165, 1.54) is 10.9 Å². The molecule has 0 unspecified atom stereocenters. The van der Waals surface area contributed by atoms with Gasteiger partial charge in [0.1, 0.15) is 5.82 Å². The Kier molecular flexibility index (Phi) is 4.23. The average molecular weight is 250 g/mol. The van der Waals surface area contributed by atoms with E-state index in [0.29, 0.717) is 6.42 Å². The van der Waals surface area contributed by atoms with Crippen LogP contribution in [0.2, 0.25) is 0 Å². The fraction of sp³-hybridized carbons (Fsp3) is 0.308. The molecule has 0 spiro atoms. The van der Waals surface area contributed by atoms with Crippen molar-refractivity contribution in [3.63, 3.8) is 0 Å². The van der Waals surface area contributed by atoms with Gasteiger partial charge in [-0.1, -0.05) is 18.2 Å². The highest BCUT2D eigenvalue weighted by molar-refractivity contribution is 7.11. The topological polar surface area (TPSA) is 24.9 Å². The molecule has 0 aliphatic carbocycles. The van der Waals surface area contributed by atoms with Gasteiger partial charge in [-0.3, -0.25) is 0 Å². The number of aryl methyl sites for hydroxylation is 1. The average Bonchev–Trinajstić information content (AvgIpc) is 2.73. The summed E-state index contributed by atoms with van der Waals surface area (Å²) in [6, 6.07) is 6.91. The molecule has 1 aromatic heterocycles. The molecule has 0 saturated heterocycles. The quantitative estimate of drug-likeness (QED) is 0.825. The zero-order chi connectivity index (χ0) is 12.1. The predicted octanol–water partition coefficient (Wildman–Crippen LogP) is 2.92. The van der Waals surface area contributed by atoms with Crippen molar-refractivity contribution in [3.05, 3.63) is 51.7 Å². The van der Waals surface area contributed by atoms with Gasteiger partial charge in [-0.25, -0.2) is 9.37 Å². The van der Waals surface area contributed by atoms with Crippen LogP contribution in [0.3, 0.4) is 0 Å². The highest BCUT2D eigenvalue weighted by Gasteiger charge is 2.01. The van der Waals surface area contributed by atoms with Gasteiger partial charge in [0.15, 0.2) is 0 Å². The number of thiazole rings is 1. The lowest BCUT2D eigenvalue weighted by molar-refractivity contribution is 0.598. The van der Waals surface area contributed by atoms with Crippen LogP contribution in [0.15, 0.2) is 30.5 Å². The van der Waals surface area contributed by atoms with Crippen molar-refractivity contribution in [1.82, 2.24) is 10.3 Å². The van der Waals surface area contributed by atoms with Gasteiger partial charge >= 0.3 is 0 Å². The molecule has 0 aliphatic rings. The van der Waals surface area contributed by atoms with Crippen molar-refractivity contribution in [1.29, 1.82) is 0 Å². The number of hydrogen-bond donors (Lipinski definition) is 1. The highest BCUT2D eigenvalue weighted by atomic mass is 32.1. The minimum absolute atomic E-state index is 0.122. The molecule has 2 aromatic rings. The molecule has 0 bridgehead atoms. The van der Waals surface area contributed by atoms with E-state index in [4.69, 9.17) is 0 Å². The number of nitrogens with zero attached hydrogens (tertiary/aromatic N) is 1. The number of nitrogens with one attached hydrogen (secondary N) is 1. The molecule has 0 saturated carbocycles. The molecule has 1 aromatic carbocycles. The summed E-state index contributed by atoms with van der Waals surface area (Å²) in [7, 11) is 0. The first-order chi connectivity index (χ1) is 8.25. The Hall–Kier alpha value is -1.26. The maximum absolute atomic E-state index is 13.3. The molecule has 0 aliphatic heterocycles. The van der Waals surface area contributed by atoms with E-state index in [1.54, 1.807) is 17.4 Å². The summed E-state index contributed by atoms with van der Waals surface area (Å²) in [4.78, 5) is 5.40. The normalized spacial score (nSPS) is 10.7. The van der Waals surface area contributed by atoms with Crippen LogP contribution in [0.1, 0.15) is 15.4 Å². The second kappa shape index (κ2) is 5.89. The smallest absolute Gasteiger partial charge is 0.126 e. The second-order valence-corrected chi connectivity index (χ2v) is 5.18. The van der Waals surface area contributed by atoms with Gasteiger partial charge in [0.25, 0.3) is 0 Å². The number of rotatable bonds is 5. The minimum atomic E-state index is -0.122. The van der Waals surface area contributed by atoms with Gasteiger partial charge in [-0.2, -0.15) is 0 Å². The zero-order valence-corrected chi connectivity index (χ0v) is 10.6. The van der Waals surface area contributed by atoms with Crippen LogP contribution in [0.5, 0.6) is 0 Å². The summed E-state index contributed by atoms with van der Waals surface area (Å²) >= 11 is 1.69. The molecular formula is C13H15FN2S. The van der Waals surface area contributed by atoms with Crippen molar-refractivity contribution < 1.29 is 4.39 Å². The largest absolute Gasteiger partial charge is 0.311 e. The van der Waals surface area contributed by atoms with Crippen molar-refractivity contribution in [3.8, 4) is 0 Å². The van der Waals surface area contributed by atoms with Gasteiger partial charge in [-0.15, -0.1) is 11.3 Å². The minimum Gasteiger partial charge on any atom is -0.311 e. The zero-order valence-electron chi connectivity index (χ0n) is 9.74. The summed E-state index contributed by atoms with van der Waals surface area (Å²) < 4.78 is 13.3. The first kappa shape index (κ1) is 12.2. The third-order valence-corrected chi connectivity index (χ3v) is 3.41. The van der Waals surface area contributed by atoms with Crippen LogP contribution in [0, 0.1) is 12.7 Å². The van der Waals surface area contributed by atoms with E-state index in [2.05, 4.69) is 10.3 Å². The van der Waals surface area contributed by atoms with Crippen LogP contribution in [0.4, 0.5) is 4.39 Å². The Morgan fingerprint density at radius 3 is 2.88 bits per heavy atom. The Balaban J connectivity index is 1.75. The third kappa shape index (κ3) is 3.61. The summed E-state index contributed by atoms with van der Waals surface area (Å²) in [5.74, 6) is -0.122. The highest BCUT2D eigenvalue weighted by Crippen LogP contribution is 2.11. The van der Waals surface area contributed by atoms with Crippen molar-refractivity contribution in [2.45, 2.75) is 19.9 Å². The van der Waals surface area contributed by atoms with Crippen LogP contribution < -0.4 is 5.32 Å².